The number of thioether (sulfide) groups is 1. The number of carbonyl (C=O) groups excluding carboxylic acids is 3. The lowest BCUT2D eigenvalue weighted by Gasteiger charge is -2.17. The number of amides is 1. The summed E-state index contributed by atoms with van der Waals surface area (Å²) in [5.74, 6) is -1.32. The molecule has 0 aliphatic heterocycles. The second-order valence-electron chi connectivity index (χ2n) is 6.71. The minimum absolute atomic E-state index is 0.0505. The van der Waals surface area contributed by atoms with Crippen LogP contribution in [-0.2, 0) is 14.3 Å². The van der Waals surface area contributed by atoms with E-state index in [-0.39, 0.29) is 24.2 Å². The molecule has 1 atom stereocenters. The Labute approximate surface area is 174 Å². The highest BCUT2D eigenvalue weighted by atomic mass is 32.2. The maximum Gasteiger partial charge on any atom is 0.339 e. The Bertz CT molecular complexity index is 906. The number of hydrogen-bond donors (Lipinski definition) is 1. The van der Waals surface area contributed by atoms with Crippen molar-refractivity contribution in [3.05, 3.63) is 52.8 Å². The Morgan fingerprint density at radius 1 is 1.17 bits per heavy atom. The largest absolute Gasteiger partial charge is 0.454 e. The number of primary amides is 1. The second-order valence-corrected chi connectivity index (χ2v) is 7.73. The van der Waals surface area contributed by atoms with E-state index in [1.807, 2.05) is 25.3 Å². The SMILES string of the molecule is COCC(C)n1c(C)cc(C(=O)COC(=O)c2ccccc2SCC(N)=O)c1C. The number of methoxy groups -OCH3 is 1. The first-order chi connectivity index (χ1) is 13.8. The summed E-state index contributed by atoms with van der Waals surface area (Å²) in [6.07, 6.45) is 0. The summed E-state index contributed by atoms with van der Waals surface area (Å²) in [6.45, 7) is 5.96. The summed E-state index contributed by atoms with van der Waals surface area (Å²) < 4.78 is 12.5. The van der Waals surface area contributed by atoms with Crippen LogP contribution in [0.1, 0.15) is 45.1 Å². The fraction of sp³-hybridized carbons (Fsp3) is 0.381. The summed E-state index contributed by atoms with van der Waals surface area (Å²) in [5, 5.41) is 0. The highest BCUT2D eigenvalue weighted by Crippen LogP contribution is 2.24. The lowest BCUT2D eigenvalue weighted by atomic mass is 10.1. The normalized spacial score (nSPS) is 11.9. The first-order valence-corrected chi connectivity index (χ1v) is 10.1. The van der Waals surface area contributed by atoms with Gasteiger partial charge in [0.15, 0.2) is 6.61 Å². The molecule has 29 heavy (non-hydrogen) atoms. The van der Waals surface area contributed by atoms with Gasteiger partial charge in [-0.1, -0.05) is 12.1 Å². The molecular formula is C21H26N2O5S. The van der Waals surface area contributed by atoms with Gasteiger partial charge in [0.05, 0.1) is 24.0 Å². The van der Waals surface area contributed by atoms with Gasteiger partial charge in [0.25, 0.3) is 0 Å². The zero-order valence-electron chi connectivity index (χ0n) is 17.1. The lowest BCUT2D eigenvalue weighted by molar-refractivity contribution is -0.115. The zero-order chi connectivity index (χ0) is 21.6. The van der Waals surface area contributed by atoms with E-state index in [4.69, 9.17) is 15.2 Å². The predicted octanol–water partition coefficient (Wildman–Crippen LogP) is 2.93. The van der Waals surface area contributed by atoms with E-state index in [9.17, 15) is 14.4 Å². The number of carbonyl (C=O) groups is 3. The van der Waals surface area contributed by atoms with Crippen molar-refractivity contribution in [2.24, 2.45) is 5.73 Å². The third-order valence-corrected chi connectivity index (χ3v) is 5.54. The molecule has 7 nitrogen and oxygen atoms in total. The molecule has 0 aliphatic carbocycles. The van der Waals surface area contributed by atoms with Gasteiger partial charge in [-0.05, 0) is 39.0 Å². The van der Waals surface area contributed by atoms with Crippen molar-refractivity contribution in [2.45, 2.75) is 31.7 Å². The number of nitrogens with two attached hydrogens (primary N) is 1. The number of ketones is 1. The van der Waals surface area contributed by atoms with Crippen LogP contribution in [0.4, 0.5) is 0 Å². The summed E-state index contributed by atoms with van der Waals surface area (Å²) >= 11 is 1.15. The smallest absolute Gasteiger partial charge is 0.339 e. The molecular weight excluding hydrogens is 392 g/mol. The molecule has 2 N–H and O–H groups in total. The van der Waals surface area contributed by atoms with Gasteiger partial charge in [-0.3, -0.25) is 9.59 Å². The number of aryl methyl sites for hydroxylation is 1. The number of nitrogens with zero attached hydrogens (tertiary/aromatic N) is 1. The van der Waals surface area contributed by atoms with Gasteiger partial charge in [-0.25, -0.2) is 4.79 Å². The number of benzene rings is 1. The van der Waals surface area contributed by atoms with Crippen molar-refractivity contribution in [1.82, 2.24) is 4.57 Å². The molecule has 156 valence electrons. The molecule has 0 saturated carbocycles. The third kappa shape index (κ3) is 5.71. The summed E-state index contributed by atoms with van der Waals surface area (Å²) in [5.41, 5.74) is 7.74. The molecule has 0 radical (unpaired) electrons. The number of Topliss-reactive ketones (excluding diaryl/α,β-unsaturated/α-hetero) is 1. The zero-order valence-corrected chi connectivity index (χ0v) is 17.9. The maximum atomic E-state index is 12.7. The Morgan fingerprint density at radius 3 is 2.52 bits per heavy atom. The van der Waals surface area contributed by atoms with Crippen molar-refractivity contribution in [3.8, 4) is 0 Å². The number of hydrogen-bond acceptors (Lipinski definition) is 6. The van der Waals surface area contributed by atoms with E-state index in [0.29, 0.717) is 22.6 Å². The molecule has 2 rings (SSSR count). The molecule has 1 aromatic heterocycles. The van der Waals surface area contributed by atoms with Gasteiger partial charge in [0.2, 0.25) is 11.7 Å². The van der Waals surface area contributed by atoms with Crippen LogP contribution in [-0.4, -0.2) is 48.3 Å². The lowest BCUT2D eigenvalue weighted by Crippen LogP contribution is -2.17. The number of aromatic nitrogens is 1. The molecule has 0 saturated heterocycles. The van der Waals surface area contributed by atoms with Crippen LogP contribution in [0.3, 0.4) is 0 Å². The minimum Gasteiger partial charge on any atom is -0.454 e. The number of esters is 1. The molecule has 2 aromatic rings. The monoisotopic (exact) mass is 418 g/mol. The van der Waals surface area contributed by atoms with Crippen molar-refractivity contribution < 1.29 is 23.9 Å². The molecule has 0 aliphatic rings. The van der Waals surface area contributed by atoms with Crippen LogP contribution >= 0.6 is 11.8 Å². The average molecular weight is 419 g/mol. The fourth-order valence-corrected chi connectivity index (χ4v) is 4.03. The minimum atomic E-state index is -0.618. The highest BCUT2D eigenvalue weighted by molar-refractivity contribution is 8.00. The van der Waals surface area contributed by atoms with E-state index >= 15 is 0 Å². The van der Waals surface area contributed by atoms with Crippen LogP contribution in [0, 0.1) is 13.8 Å². The quantitative estimate of drug-likeness (QED) is 0.362. The van der Waals surface area contributed by atoms with Crippen LogP contribution in [0.25, 0.3) is 0 Å². The standard InChI is InChI=1S/C21H26N2O5S/c1-13-9-17(15(3)23(13)14(2)10-27-4)18(24)11-28-21(26)16-7-5-6-8-19(16)29-12-20(22)25/h5-9,14H,10-12H2,1-4H3,(H2,22,25). The summed E-state index contributed by atoms with van der Waals surface area (Å²) in [4.78, 5) is 36.7. The molecule has 0 spiro atoms. The molecule has 1 unspecified atom stereocenters. The van der Waals surface area contributed by atoms with Crippen LogP contribution < -0.4 is 5.73 Å². The fourth-order valence-electron chi connectivity index (χ4n) is 3.25. The highest BCUT2D eigenvalue weighted by Gasteiger charge is 2.21. The Morgan fingerprint density at radius 2 is 1.86 bits per heavy atom. The van der Waals surface area contributed by atoms with Gasteiger partial charge in [-0.15, -0.1) is 11.8 Å². The van der Waals surface area contributed by atoms with E-state index in [2.05, 4.69) is 0 Å². The van der Waals surface area contributed by atoms with Crippen molar-refractivity contribution in [1.29, 1.82) is 0 Å². The van der Waals surface area contributed by atoms with Crippen molar-refractivity contribution in [2.75, 3.05) is 26.1 Å². The van der Waals surface area contributed by atoms with Gasteiger partial charge in [0.1, 0.15) is 0 Å². The summed E-state index contributed by atoms with van der Waals surface area (Å²) in [7, 11) is 1.63. The Kier molecular flexibility index (Phi) is 8.04. The first-order valence-electron chi connectivity index (χ1n) is 9.14. The van der Waals surface area contributed by atoms with Crippen molar-refractivity contribution >= 4 is 29.4 Å². The van der Waals surface area contributed by atoms with Crippen LogP contribution in [0.2, 0.25) is 0 Å². The van der Waals surface area contributed by atoms with Crippen LogP contribution in [0.5, 0.6) is 0 Å². The van der Waals surface area contributed by atoms with Crippen LogP contribution in [0.15, 0.2) is 35.2 Å². The predicted molar refractivity (Wildman–Crippen MR) is 111 cm³/mol. The van der Waals surface area contributed by atoms with E-state index < -0.39 is 11.9 Å². The van der Waals surface area contributed by atoms with E-state index in [1.54, 1.807) is 37.4 Å². The number of rotatable bonds is 10. The van der Waals surface area contributed by atoms with E-state index in [0.717, 1.165) is 23.1 Å². The molecule has 0 fully saturated rings. The molecule has 1 aromatic carbocycles. The molecule has 8 heteroatoms. The van der Waals surface area contributed by atoms with E-state index in [1.165, 1.54) is 0 Å². The third-order valence-electron chi connectivity index (χ3n) is 4.44. The average Bonchev–Trinajstić information content (AvgIpc) is 2.98. The number of ether oxygens (including phenoxy) is 2. The molecule has 0 bridgehead atoms. The topological polar surface area (TPSA) is 101 Å². The summed E-state index contributed by atoms with van der Waals surface area (Å²) in [6, 6.07) is 8.62. The Balaban J connectivity index is 2.09. The van der Waals surface area contributed by atoms with Gasteiger partial charge >= 0.3 is 5.97 Å². The second kappa shape index (κ2) is 10.3. The molecule has 1 heterocycles. The van der Waals surface area contributed by atoms with Crippen molar-refractivity contribution in [3.63, 3.8) is 0 Å². The first kappa shape index (κ1) is 22.7. The Hall–Kier alpha value is -2.58. The van der Waals surface area contributed by atoms with Gasteiger partial charge in [-0.2, -0.15) is 0 Å². The van der Waals surface area contributed by atoms with Gasteiger partial charge < -0.3 is 19.8 Å². The van der Waals surface area contributed by atoms with Gasteiger partial charge in [0, 0.05) is 29.0 Å². The maximum absolute atomic E-state index is 12.7. The molecule has 1 amide bonds.